The number of hydrogen-bond acceptors (Lipinski definition) is 2. The monoisotopic (exact) mass is 191 g/mol. The maximum absolute atomic E-state index is 10.6. The van der Waals surface area contributed by atoms with Crippen LogP contribution in [0.4, 0.5) is 0 Å². The van der Waals surface area contributed by atoms with Crippen molar-refractivity contribution in [3.05, 3.63) is 35.7 Å². The third kappa shape index (κ3) is 1.42. The molecule has 0 bridgehead atoms. The second-order valence-corrected chi connectivity index (χ2v) is 3.00. The fourth-order valence-electron chi connectivity index (χ4n) is 1.24. The lowest BCUT2D eigenvalue weighted by molar-refractivity contribution is 0.0691. The molecule has 0 fully saturated rings. The predicted octanol–water partition coefficient (Wildman–Crippen LogP) is 2.28. The maximum atomic E-state index is 10.6. The molecule has 4 heteroatoms. The average Bonchev–Trinajstić information content (AvgIpc) is 2.70. The third-order valence-electron chi connectivity index (χ3n) is 1.92. The summed E-state index contributed by atoms with van der Waals surface area (Å²) in [6.07, 6.45) is 0. The Morgan fingerprint density at radius 1 is 1.36 bits per heavy atom. The van der Waals surface area contributed by atoms with Gasteiger partial charge in [0, 0.05) is 0 Å². The summed E-state index contributed by atoms with van der Waals surface area (Å²) >= 11 is 0. The summed E-state index contributed by atoms with van der Waals surface area (Å²) in [6.45, 7) is 1.84. The lowest BCUT2D eigenvalue weighted by Crippen LogP contribution is -1.95. The van der Waals surface area contributed by atoms with Crippen LogP contribution in [0.5, 0.6) is 0 Å². The first-order valence-electron chi connectivity index (χ1n) is 4.16. The van der Waals surface area contributed by atoms with Gasteiger partial charge in [0.25, 0.3) is 0 Å². The smallest absolute Gasteiger partial charge is 0.352 e. The van der Waals surface area contributed by atoms with Crippen molar-refractivity contribution in [1.29, 1.82) is 0 Å². The second kappa shape index (κ2) is 3.06. The van der Waals surface area contributed by atoms with E-state index in [4.69, 9.17) is 9.52 Å². The molecule has 72 valence electrons. The van der Waals surface area contributed by atoms with Crippen LogP contribution < -0.4 is 0 Å². The van der Waals surface area contributed by atoms with Gasteiger partial charge in [-0.3, -0.25) is 0 Å². The van der Waals surface area contributed by atoms with Crippen LogP contribution in [0.25, 0.3) is 11.5 Å². The molecular weight excluding hydrogens is 182 g/mol. The molecule has 0 atom stereocenters. The van der Waals surface area contributed by atoms with Gasteiger partial charge < -0.3 is 14.5 Å². The number of nitrogens with one attached hydrogen (secondary N) is 1. The fraction of sp³-hybridized carbons (Fsp3) is 0.100. The van der Waals surface area contributed by atoms with Gasteiger partial charge in [-0.05, 0) is 31.2 Å². The molecule has 0 unspecified atom stereocenters. The highest BCUT2D eigenvalue weighted by atomic mass is 16.4. The predicted molar refractivity (Wildman–Crippen MR) is 50.2 cm³/mol. The van der Waals surface area contributed by atoms with Crippen molar-refractivity contribution in [3.63, 3.8) is 0 Å². The van der Waals surface area contributed by atoms with E-state index in [0.717, 1.165) is 5.76 Å². The first-order chi connectivity index (χ1) is 6.66. The van der Waals surface area contributed by atoms with Gasteiger partial charge >= 0.3 is 5.97 Å². The summed E-state index contributed by atoms with van der Waals surface area (Å²) in [4.78, 5) is 13.3. The first kappa shape index (κ1) is 8.62. The van der Waals surface area contributed by atoms with E-state index >= 15 is 0 Å². The Morgan fingerprint density at radius 2 is 2.14 bits per heavy atom. The quantitative estimate of drug-likeness (QED) is 0.765. The average molecular weight is 191 g/mol. The Morgan fingerprint density at radius 3 is 2.64 bits per heavy atom. The number of rotatable bonds is 2. The van der Waals surface area contributed by atoms with Gasteiger partial charge in [0.05, 0.1) is 5.69 Å². The topological polar surface area (TPSA) is 66.2 Å². The van der Waals surface area contributed by atoms with Gasteiger partial charge in [-0.25, -0.2) is 4.79 Å². The van der Waals surface area contributed by atoms with E-state index in [2.05, 4.69) is 4.98 Å². The molecule has 0 aromatic carbocycles. The zero-order chi connectivity index (χ0) is 10.1. The summed E-state index contributed by atoms with van der Waals surface area (Å²) in [5.74, 6) is 0.473. The van der Waals surface area contributed by atoms with Gasteiger partial charge in [-0.2, -0.15) is 0 Å². The van der Waals surface area contributed by atoms with Crippen LogP contribution in [0.15, 0.2) is 28.7 Å². The lowest BCUT2D eigenvalue weighted by atomic mass is 10.3. The number of aromatic amines is 1. The minimum atomic E-state index is -0.973. The van der Waals surface area contributed by atoms with E-state index in [9.17, 15) is 4.79 Å². The van der Waals surface area contributed by atoms with E-state index in [-0.39, 0.29) is 5.69 Å². The van der Waals surface area contributed by atoms with E-state index in [1.54, 1.807) is 12.1 Å². The number of aromatic nitrogens is 1. The molecular formula is C10H9NO3. The summed E-state index contributed by atoms with van der Waals surface area (Å²) in [5.41, 5.74) is 0.838. The van der Waals surface area contributed by atoms with Crippen LogP contribution in [-0.4, -0.2) is 16.1 Å². The van der Waals surface area contributed by atoms with E-state index in [1.165, 1.54) is 6.07 Å². The standard InChI is InChI=1S/C10H9NO3/c1-6-2-5-9(14-6)7-3-4-8(11-7)10(12)13/h2-5,11H,1H3,(H,12,13). The molecule has 4 nitrogen and oxygen atoms in total. The molecule has 0 amide bonds. The van der Waals surface area contributed by atoms with Gasteiger partial charge in [-0.1, -0.05) is 0 Å². The highest BCUT2D eigenvalue weighted by Gasteiger charge is 2.08. The largest absolute Gasteiger partial charge is 0.477 e. The van der Waals surface area contributed by atoms with Crippen molar-refractivity contribution in [2.75, 3.05) is 0 Å². The number of carboxylic acids is 1. The minimum absolute atomic E-state index is 0.161. The van der Waals surface area contributed by atoms with E-state index in [0.29, 0.717) is 11.5 Å². The molecule has 0 aliphatic heterocycles. The van der Waals surface area contributed by atoms with Crippen molar-refractivity contribution < 1.29 is 14.3 Å². The Hall–Kier alpha value is -1.97. The number of carboxylic acid groups (broad SMARTS) is 1. The van der Waals surface area contributed by atoms with Crippen LogP contribution in [0, 0.1) is 6.92 Å². The highest BCUT2D eigenvalue weighted by Crippen LogP contribution is 2.20. The molecule has 14 heavy (non-hydrogen) atoms. The molecule has 0 radical (unpaired) electrons. The Kier molecular flexibility index (Phi) is 1.89. The third-order valence-corrected chi connectivity index (χ3v) is 1.92. The summed E-state index contributed by atoms with van der Waals surface area (Å²) in [5, 5.41) is 8.69. The molecule has 0 spiro atoms. The Bertz CT molecular complexity index is 467. The summed E-state index contributed by atoms with van der Waals surface area (Å²) in [6, 6.07) is 6.82. The van der Waals surface area contributed by atoms with Crippen LogP contribution >= 0.6 is 0 Å². The van der Waals surface area contributed by atoms with Crippen LogP contribution in [-0.2, 0) is 0 Å². The number of furan rings is 1. The molecule has 0 aliphatic rings. The van der Waals surface area contributed by atoms with Crippen molar-refractivity contribution in [3.8, 4) is 11.5 Å². The molecule has 2 aromatic rings. The number of H-pyrrole nitrogens is 1. The first-order valence-corrected chi connectivity index (χ1v) is 4.16. The SMILES string of the molecule is Cc1ccc(-c2ccc(C(=O)O)[nH]2)o1. The maximum Gasteiger partial charge on any atom is 0.352 e. The Balaban J connectivity index is 2.38. The van der Waals surface area contributed by atoms with Crippen molar-refractivity contribution in [2.24, 2.45) is 0 Å². The molecule has 0 saturated carbocycles. The summed E-state index contributed by atoms with van der Waals surface area (Å²) < 4.78 is 5.34. The molecule has 2 heterocycles. The van der Waals surface area contributed by atoms with Crippen molar-refractivity contribution >= 4 is 5.97 Å². The molecule has 2 rings (SSSR count). The number of hydrogen-bond donors (Lipinski definition) is 2. The van der Waals surface area contributed by atoms with Crippen LogP contribution in [0.2, 0.25) is 0 Å². The van der Waals surface area contributed by atoms with Gasteiger partial charge in [0.1, 0.15) is 17.2 Å². The zero-order valence-electron chi connectivity index (χ0n) is 7.57. The van der Waals surface area contributed by atoms with Crippen LogP contribution in [0.1, 0.15) is 16.2 Å². The zero-order valence-corrected chi connectivity index (χ0v) is 7.57. The van der Waals surface area contributed by atoms with Gasteiger partial charge in [0.15, 0.2) is 0 Å². The highest BCUT2D eigenvalue weighted by molar-refractivity contribution is 5.86. The minimum Gasteiger partial charge on any atom is -0.477 e. The van der Waals surface area contributed by atoms with E-state index in [1.807, 2.05) is 13.0 Å². The van der Waals surface area contributed by atoms with Crippen molar-refractivity contribution in [1.82, 2.24) is 4.98 Å². The number of aromatic carboxylic acids is 1. The van der Waals surface area contributed by atoms with Gasteiger partial charge in [0.2, 0.25) is 0 Å². The molecule has 2 aromatic heterocycles. The normalized spacial score (nSPS) is 10.4. The Labute approximate surface area is 80.2 Å². The lowest BCUT2D eigenvalue weighted by Gasteiger charge is -1.90. The summed E-state index contributed by atoms with van der Waals surface area (Å²) in [7, 11) is 0. The second-order valence-electron chi connectivity index (χ2n) is 3.00. The fourth-order valence-corrected chi connectivity index (χ4v) is 1.24. The number of carbonyl (C=O) groups is 1. The molecule has 2 N–H and O–H groups in total. The van der Waals surface area contributed by atoms with Crippen molar-refractivity contribution in [2.45, 2.75) is 6.92 Å². The molecule has 0 aliphatic carbocycles. The van der Waals surface area contributed by atoms with Crippen LogP contribution in [0.3, 0.4) is 0 Å². The van der Waals surface area contributed by atoms with Gasteiger partial charge in [-0.15, -0.1) is 0 Å². The van der Waals surface area contributed by atoms with E-state index < -0.39 is 5.97 Å². The molecule has 0 saturated heterocycles. The number of aryl methyl sites for hydroxylation is 1.